The van der Waals surface area contributed by atoms with E-state index in [1.54, 1.807) is 16.8 Å². The van der Waals surface area contributed by atoms with Gasteiger partial charge in [-0.1, -0.05) is 31.9 Å². The molecule has 0 unspecified atom stereocenters. The molecule has 0 radical (unpaired) electrons. The van der Waals surface area contributed by atoms with Crippen LogP contribution in [0.3, 0.4) is 0 Å². The molecule has 0 atom stereocenters. The molecule has 1 aromatic carbocycles. The van der Waals surface area contributed by atoms with Gasteiger partial charge in [0.15, 0.2) is 0 Å². The van der Waals surface area contributed by atoms with Crippen molar-refractivity contribution in [3.63, 3.8) is 0 Å². The predicted octanol–water partition coefficient (Wildman–Crippen LogP) is 2.92. The van der Waals surface area contributed by atoms with Gasteiger partial charge in [-0.15, -0.1) is 0 Å². The molecule has 1 heterocycles. The van der Waals surface area contributed by atoms with Gasteiger partial charge in [0.1, 0.15) is 0 Å². The van der Waals surface area contributed by atoms with Crippen LogP contribution < -0.4 is 5.32 Å². The lowest BCUT2D eigenvalue weighted by molar-refractivity contribution is 0.0954. The van der Waals surface area contributed by atoms with E-state index in [0.717, 1.165) is 21.1 Å². The molecule has 1 aromatic heterocycles. The Morgan fingerprint density at radius 2 is 2.00 bits per heavy atom. The zero-order valence-corrected chi connectivity index (χ0v) is 13.5. The van der Waals surface area contributed by atoms with E-state index < -0.39 is 0 Å². The molecule has 1 N–H and O–H groups in total. The van der Waals surface area contributed by atoms with Gasteiger partial charge in [0.25, 0.3) is 5.91 Å². The van der Waals surface area contributed by atoms with Gasteiger partial charge in [-0.05, 0) is 24.3 Å². The van der Waals surface area contributed by atoms with Gasteiger partial charge in [-0.2, -0.15) is 5.10 Å². The van der Waals surface area contributed by atoms with E-state index in [9.17, 15) is 4.79 Å². The van der Waals surface area contributed by atoms with E-state index in [0.29, 0.717) is 12.1 Å². The number of hydrogen-bond acceptors (Lipinski definition) is 2. The highest BCUT2D eigenvalue weighted by Gasteiger charge is 2.07. The Labute approximate surface area is 128 Å². The monoisotopic (exact) mass is 385 g/mol. The van der Waals surface area contributed by atoms with Gasteiger partial charge in [-0.25, -0.2) is 0 Å². The van der Waals surface area contributed by atoms with Crippen molar-refractivity contribution in [1.82, 2.24) is 15.1 Å². The summed E-state index contributed by atoms with van der Waals surface area (Å²) in [5, 5.41) is 7.14. The van der Waals surface area contributed by atoms with Crippen molar-refractivity contribution in [3.05, 3.63) is 50.7 Å². The molecule has 0 spiro atoms. The number of benzene rings is 1. The van der Waals surface area contributed by atoms with Crippen molar-refractivity contribution in [2.45, 2.75) is 6.42 Å². The third kappa shape index (κ3) is 4.18. The fourth-order valence-corrected chi connectivity index (χ4v) is 2.98. The molecule has 2 rings (SSSR count). The minimum Gasteiger partial charge on any atom is -0.352 e. The first kappa shape index (κ1) is 14.3. The van der Waals surface area contributed by atoms with Crippen LogP contribution in [0, 0.1) is 0 Å². The molecule has 0 saturated carbocycles. The Hall–Kier alpha value is -1.14. The summed E-state index contributed by atoms with van der Waals surface area (Å²) >= 11 is 6.73. The summed E-state index contributed by atoms with van der Waals surface area (Å²) in [6.07, 6.45) is 2.62. The minimum absolute atomic E-state index is 0.0852. The molecule has 0 aliphatic rings. The van der Waals surface area contributed by atoms with Gasteiger partial charge < -0.3 is 5.32 Å². The number of rotatable bonds is 4. The van der Waals surface area contributed by atoms with Crippen LogP contribution in [-0.4, -0.2) is 22.2 Å². The number of carbonyl (C=O) groups excluding carboxylic acids is 1. The van der Waals surface area contributed by atoms with Gasteiger partial charge in [0, 0.05) is 40.7 Å². The third-order valence-electron chi connectivity index (χ3n) is 2.56. The highest BCUT2D eigenvalue weighted by Crippen LogP contribution is 2.19. The van der Waals surface area contributed by atoms with E-state index in [1.165, 1.54) is 0 Å². The zero-order chi connectivity index (χ0) is 13.8. The second-order valence-electron chi connectivity index (χ2n) is 4.14. The molecule has 1 amide bonds. The Bertz CT molecular complexity index is 575. The van der Waals surface area contributed by atoms with Crippen LogP contribution in [0.1, 0.15) is 16.1 Å². The summed E-state index contributed by atoms with van der Waals surface area (Å²) in [7, 11) is 1.88. The highest BCUT2D eigenvalue weighted by molar-refractivity contribution is 9.11. The third-order valence-corrected chi connectivity index (χ3v) is 3.48. The van der Waals surface area contributed by atoms with Gasteiger partial charge >= 0.3 is 0 Å². The Balaban J connectivity index is 1.90. The smallest absolute Gasteiger partial charge is 0.251 e. The topological polar surface area (TPSA) is 46.9 Å². The fourth-order valence-electron chi connectivity index (χ4n) is 1.69. The summed E-state index contributed by atoms with van der Waals surface area (Å²) < 4.78 is 3.50. The molecule has 6 heteroatoms. The van der Waals surface area contributed by atoms with Crippen molar-refractivity contribution < 1.29 is 4.79 Å². The Morgan fingerprint density at radius 1 is 1.32 bits per heavy atom. The molecule has 0 bridgehead atoms. The SMILES string of the molecule is Cn1ccc(CCNC(=O)c2cc(Br)cc(Br)c2)n1. The van der Waals surface area contributed by atoms with E-state index in [1.807, 2.05) is 25.4 Å². The number of nitrogens with one attached hydrogen (secondary N) is 1. The van der Waals surface area contributed by atoms with Gasteiger partial charge in [-0.3, -0.25) is 9.48 Å². The van der Waals surface area contributed by atoms with Crippen LogP contribution in [-0.2, 0) is 13.5 Å². The van der Waals surface area contributed by atoms with Crippen LogP contribution in [0.2, 0.25) is 0 Å². The summed E-state index contributed by atoms with van der Waals surface area (Å²) in [6, 6.07) is 7.42. The highest BCUT2D eigenvalue weighted by atomic mass is 79.9. The zero-order valence-electron chi connectivity index (χ0n) is 10.4. The first-order valence-corrected chi connectivity index (χ1v) is 7.36. The quantitative estimate of drug-likeness (QED) is 0.878. The Morgan fingerprint density at radius 3 is 2.58 bits per heavy atom. The molecular weight excluding hydrogens is 374 g/mol. The van der Waals surface area contributed by atoms with Crippen molar-refractivity contribution in [2.24, 2.45) is 7.05 Å². The standard InChI is InChI=1S/C13H13Br2N3O/c1-18-5-3-12(17-18)2-4-16-13(19)9-6-10(14)8-11(15)7-9/h3,5-8H,2,4H2,1H3,(H,16,19). The van der Waals surface area contributed by atoms with Crippen molar-refractivity contribution in [2.75, 3.05) is 6.54 Å². The lowest BCUT2D eigenvalue weighted by Gasteiger charge is -2.05. The molecule has 0 saturated heterocycles. The summed E-state index contributed by atoms with van der Waals surface area (Å²) in [5.41, 5.74) is 1.60. The Kier molecular flexibility index (Phi) is 4.76. The van der Waals surface area contributed by atoms with Crippen LogP contribution in [0.4, 0.5) is 0 Å². The number of amides is 1. The summed E-state index contributed by atoms with van der Waals surface area (Å²) in [5.74, 6) is -0.0852. The van der Waals surface area contributed by atoms with Crippen LogP contribution >= 0.6 is 31.9 Å². The number of hydrogen-bond donors (Lipinski definition) is 1. The van der Waals surface area contributed by atoms with Crippen molar-refractivity contribution >= 4 is 37.8 Å². The van der Waals surface area contributed by atoms with E-state index in [4.69, 9.17) is 0 Å². The predicted molar refractivity (Wildman–Crippen MR) is 81.1 cm³/mol. The van der Waals surface area contributed by atoms with E-state index in [-0.39, 0.29) is 5.91 Å². The summed E-state index contributed by atoms with van der Waals surface area (Å²) in [6.45, 7) is 0.569. The number of aromatic nitrogens is 2. The number of carbonyl (C=O) groups is 1. The number of nitrogens with zero attached hydrogens (tertiary/aromatic N) is 2. The van der Waals surface area contributed by atoms with Crippen molar-refractivity contribution in [3.8, 4) is 0 Å². The van der Waals surface area contributed by atoms with Crippen molar-refractivity contribution in [1.29, 1.82) is 0 Å². The maximum atomic E-state index is 12.0. The minimum atomic E-state index is -0.0852. The lowest BCUT2D eigenvalue weighted by atomic mass is 10.2. The molecular formula is C13H13Br2N3O. The average molecular weight is 387 g/mol. The van der Waals surface area contributed by atoms with Crippen LogP contribution in [0.5, 0.6) is 0 Å². The maximum Gasteiger partial charge on any atom is 0.251 e. The van der Waals surface area contributed by atoms with Gasteiger partial charge in [0.2, 0.25) is 0 Å². The fraction of sp³-hybridized carbons (Fsp3) is 0.231. The molecule has 0 aliphatic heterocycles. The lowest BCUT2D eigenvalue weighted by Crippen LogP contribution is -2.25. The number of halogens is 2. The molecule has 2 aromatic rings. The van der Waals surface area contributed by atoms with Gasteiger partial charge in [0.05, 0.1) is 5.69 Å². The van der Waals surface area contributed by atoms with Crippen LogP contribution in [0.15, 0.2) is 39.4 Å². The van der Waals surface area contributed by atoms with Crippen LogP contribution in [0.25, 0.3) is 0 Å². The number of aryl methyl sites for hydroxylation is 1. The molecule has 4 nitrogen and oxygen atoms in total. The first-order chi connectivity index (χ1) is 9.04. The maximum absolute atomic E-state index is 12.0. The largest absolute Gasteiger partial charge is 0.352 e. The molecule has 100 valence electrons. The summed E-state index contributed by atoms with van der Waals surface area (Å²) in [4.78, 5) is 12.0. The second-order valence-corrected chi connectivity index (χ2v) is 5.98. The molecule has 0 aliphatic carbocycles. The van der Waals surface area contributed by atoms with E-state index in [2.05, 4.69) is 42.3 Å². The van der Waals surface area contributed by atoms with E-state index >= 15 is 0 Å². The average Bonchev–Trinajstić information content (AvgIpc) is 2.73. The normalized spacial score (nSPS) is 10.5. The first-order valence-electron chi connectivity index (χ1n) is 5.77. The second kappa shape index (κ2) is 6.34. The molecule has 19 heavy (non-hydrogen) atoms. The molecule has 0 fully saturated rings.